The average molecular weight is 323 g/mol. The van der Waals surface area contributed by atoms with Crippen LogP contribution >= 0.6 is 27.5 Å². The predicted octanol–water partition coefficient (Wildman–Crippen LogP) is 1.80. The summed E-state index contributed by atoms with van der Waals surface area (Å²) >= 11 is 8.95. The van der Waals surface area contributed by atoms with Crippen molar-refractivity contribution >= 4 is 39.1 Å². The van der Waals surface area contributed by atoms with Gasteiger partial charge in [0.05, 0.1) is 22.4 Å². The minimum atomic E-state index is -0.607. The summed E-state index contributed by atoms with van der Waals surface area (Å²) in [6.07, 6.45) is 1.93. The normalized spacial score (nSPS) is 12.2. The van der Waals surface area contributed by atoms with Crippen molar-refractivity contribution in [1.82, 2.24) is 4.98 Å². The van der Waals surface area contributed by atoms with Crippen LogP contribution < -0.4 is 11.1 Å². The number of hydrogen-bond acceptors (Lipinski definition) is 4. The van der Waals surface area contributed by atoms with Gasteiger partial charge in [0.1, 0.15) is 5.15 Å². The van der Waals surface area contributed by atoms with Crippen LogP contribution in [0.15, 0.2) is 16.7 Å². The van der Waals surface area contributed by atoms with Crippen molar-refractivity contribution in [3.63, 3.8) is 0 Å². The Bertz CT molecular complexity index is 403. The molecule has 0 saturated carbocycles. The first-order chi connectivity index (χ1) is 8.04. The van der Waals surface area contributed by atoms with E-state index in [1.807, 2.05) is 0 Å². The SMILES string of the molecule is COCCC(N)C(=O)Nc1cnc(Cl)c(Br)c1. The van der Waals surface area contributed by atoms with Crippen molar-refractivity contribution < 1.29 is 9.53 Å². The number of carbonyl (C=O) groups excluding carboxylic acids is 1. The lowest BCUT2D eigenvalue weighted by Crippen LogP contribution is -2.36. The molecule has 1 unspecified atom stereocenters. The number of rotatable bonds is 5. The number of halogens is 2. The van der Waals surface area contributed by atoms with Crippen LogP contribution in [0.4, 0.5) is 5.69 Å². The fraction of sp³-hybridized carbons (Fsp3) is 0.400. The fourth-order valence-corrected chi connectivity index (χ4v) is 1.55. The van der Waals surface area contributed by atoms with E-state index in [2.05, 4.69) is 26.2 Å². The molecule has 0 aromatic carbocycles. The quantitative estimate of drug-likeness (QED) is 0.810. The van der Waals surface area contributed by atoms with E-state index in [0.717, 1.165) is 0 Å². The lowest BCUT2D eigenvalue weighted by molar-refractivity contribution is -0.117. The lowest BCUT2D eigenvalue weighted by Gasteiger charge is -2.11. The van der Waals surface area contributed by atoms with E-state index in [9.17, 15) is 4.79 Å². The number of pyridine rings is 1. The second kappa shape index (κ2) is 6.90. The standard InChI is InChI=1S/C10H13BrClN3O2/c1-17-3-2-8(13)10(16)15-6-4-7(11)9(12)14-5-6/h4-5,8H,2-3,13H2,1H3,(H,15,16). The molecule has 0 aliphatic rings. The zero-order valence-electron chi connectivity index (χ0n) is 9.24. The Hall–Kier alpha value is -0.690. The molecular formula is C10H13BrClN3O2. The molecule has 7 heteroatoms. The van der Waals surface area contributed by atoms with Gasteiger partial charge < -0.3 is 15.8 Å². The lowest BCUT2D eigenvalue weighted by atomic mass is 10.2. The Morgan fingerprint density at radius 2 is 2.47 bits per heavy atom. The second-order valence-electron chi connectivity index (χ2n) is 3.37. The molecule has 0 aliphatic carbocycles. The number of methoxy groups -OCH3 is 1. The van der Waals surface area contributed by atoms with Gasteiger partial charge in [-0.15, -0.1) is 0 Å². The van der Waals surface area contributed by atoms with Crippen LogP contribution in [0.3, 0.4) is 0 Å². The maximum Gasteiger partial charge on any atom is 0.241 e. The highest BCUT2D eigenvalue weighted by Crippen LogP contribution is 2.22. The Morgan fingerprint density at radius 3 is 3.06 bits per heavy atom. The van der Waals surface area contributed by atoms with E-state index >= 15 is 0 Å². The van der Waals surface area contributed by atoms with E-state index in [1.165, 1.54) is 6.20 Å². The first-order valence-corrected chi connectivity index (χ1v) is 6.08. The molecule has 0 spiro atoms. The van der Waals surface area contributed by atoms with Gasteiger partial charge in [-0.2, -0.15) is 0 Å². The van der Waals surface area contributed by atoms with Crippen molar-refractivity contribution in [3.05, 3.63) is 21.9 Å². The van der Waals surface area contributed by atoms with Gasteiger partial charge in [-0.05, 0) is 28.4 Å². The summed E-state index contributed by atoms with van der Waals surface area (Å²) in [4.78, 5) is 15.5. The molecule has 0 fully saturated rings. The van der Waals surface area contributed by atoms with Crippen LogP contribution in [0, 0.1) is 0 Å². The molecule has 0 bridgehead atoms. The molecule has 94 valence electrons. The monoisotopic (exact) mass is 321 g/mol. The molecule has 17 heavy (non-hydrogen) atoms. The van der Waals surface area contributed by atoms with E-state index < -0.39 is 6.04 Å². The number of carbonyl (C=O) groups is 1. The second-order valence-corrected chi connectivity index (χ2v) is 4.59. The number of anilines is 1. The zero-order valence-corrected chi connectivity index (χ0v) is 11.6. The maximum atomic E-state index is 11.6. The van der Waals surface area contributed by atoms with Gasteiger partial charge in [-0.1, -0.05) is 11.6 Å². The number of ether oxygens (including phenoxy) is 1. The molecule has 1 amide bonds. The molecule has 0 radical (unpaired) electrons. The Labute approximate surface area is 113 Å². The number of nitrogens with two attached hydrogens (primary N) is 1. The van der Waals surface area contributed by atoms with Crippen molar-refractivity contribution in [2.75, 3.05) is 19.0 Å². The summed E-state index contributed by atoms with van der Waals surface area (Å²) < 4.78 is 5.46. The van der Waals surface area contributed by atoms with Gasteiger partial charge in [0, 0.05) is 13.7 Å². The highest BCUT2D eigenvalue weighted by Gasteiger charge is 2.13. The number of nitrogens with one attached hydrogen (secondary N) is 1. The summed E-state index contributed by atoms with van der Waals surface area (Å²) in [5.41, 5.74) is 6.21. The highest BCUT2D eigenvalue weighted by atomic mass is 79.9. The molecule has 1 rings (SSSR count). The van der Waals surface area contributed by atoms with Gasteiger partial charge in [-0.25, -0.2) is 4.98 Å². The topological polar surface area (TPSA) is 77.2 Å². The smallest absolute Gasteiger partial charge is 0.241 e. The van der Waals surface area contributed by atoms with Gasteiger partial charge >= 0.3 is 0 Å². The van der Waals surface area contributed by atoms with Crippen molar-refractivity contribution in [1.29, 1.82) is 0 Å². The summed E-state index contributed by atoms with van der Waals surface area (Å²) in [5.74, 6) is -0.280. The Morgan fingerprint density at radius 1 is 1.76 bits per heavy atom. The molecule has 1 atom stereocenters. The van der Waals surface area contributed by atoms with Crippen LogP contribution in [-0.4, -0.2) is 30.6 Å². The average Bonchev–Trinajstić information content (AvgIpc) is 2.30. The Kier molecular flexibility index (Phi) is 5.84. The third-order valence-electron chi connectivity index (χ3n) is 2.03. The van der Waals surface area contributed by atoms with E-state index in [0.29, 0.717) is 28.3 Å². The fourth-order valence-electron chi connectivity index (χ4n) is 1.10. The van der Waals surface area contributed by atoms with E-state index in [1.54, 1.807) is 13.2 Å². The van der Waals surface area contributed by atoms with Gasteiger partial charge in [0.2, 0.25) is 5.91 Å². The van der Waals surface area contributed by atoms with Crippen LogP contribution in [-0.2, 0) is 9.53 Å². The molecular weight excluding hydrogens is 309 g/mol. The third kappa shape index (κ3) is 4.59. The van der Waals surface area contributed by atoms with E-state index in [4.69, 9.17) is 22.1 Å². The minimum absolute atomic E-state index is 0.280. The van der Waals surface area contributed by atoms with Crippen LogP contribution in [0.5, 0.6) is 0 Å². The first kappa shape index (κ1) is 14.4. The maximum absolute atomic E-state index is 11.6. The Balaban J connectivity index is 2.58. The molecule has 0 aliphatic heterocycles. The van der Waals surface area contributed by atoms with Gasteiger partial charge in [0.25, 0.3) is 0 Å². The number of aromatic nitrogens is 1. The summed E-state index contributed by atoms with van der Waals surface area (Å²) in [6, 6.07) is 1.06. The predicted molar refractivity (Wildman–Crippen MR) is 70.0 cm³/mol. The molecule has 1 heterocycles. The van der Waals surface area contributed by atoms with Crippen molar-refractivity contribution in [2.24, 2.45) is 5.73 Å². The third-order valence-corrected chi connectivity index (χ3v) is 3.17. The number of nitrogens with zero attached hydrogens (tertiary/aromatic N) is 1. The summed E-state index contributed by atoms with van der Waals surface area (Å²) in [5, 5.41) is 2.99. The summed E-state index contributed by atoms with van der Waals surface area (Å²) in [6.45, 7) is 0.442. The van der Waals surface area contributed by atoms with E-state index in [-0.39, 0.29) is 5.91 Å². The first-order valence-electron chi connectivity index (χ1n) is 4.91. The van der Waals surface area contributed by atoms with Crippen LogP contribution in [0.1, 0.15) is 6.42 Å². The molecule has 3 N–H and O–H groups in total. The molecule has 1 aromatic rings. The van der Waals surface area contributed by atoms with Crippen LogP contribution in [0.25, 0.3) is 0 Å². The van der Waals surface area contributed by atoms with Crippen molar-refractivity contribution in [2.45, 2.75) is 12.5 Å². The van der Waals surface area contributed by atoms with Crippen LogP contribution in [0.2, 0.25) is 5.15 Å². The molecule has 5 nitrogen and oxygen atoms in total. The summed E-state index contributed by atoms with van der Waals surface area (Å²) in [7, 11) is 1.56. The van der Waals surface area contributed by atoms with Gasteiger partial charge in [0.15, 0.2) is 0 Å². The molecule has 1 aromatic heterocycles. The highest BCUT2D eigenvalue weighted by molar-refractivity contribution is 9.10. The number of hydrogen-bond donors (Lipinski definition) is 2. The largest absolute Gasteiger partial charge is 0.385 e. The van der Waals surface area contributed by atoms with Gasteiger partial charge in [-0.3, -0.25) is 4.79 Å². The zero-order chi connectivity index (χ0) is 12.8. The van der Waals surface area contributed by atoms with Crippen molar-refractivity contribution in [3.8, 4) is 0 Å². The number of amides is 1. The minimum Gasteiger partial charge on any atom is -0.385 e. The molecule has 0 saturated heterocycles.